The van der Waals surface area contributed by atoms with E-state index in [9.17, 15) is 4.79 Å². The Labute approximate surface area is 134 Å². The first kappa shape index (κ1) is 15.2. The SMILES string of the molecule is C[C@@H](C(=O)N1CCCN(Cc2cscn2)CC1)n1cccn1. The van der Waals surface area contributed by atoms with Gasteiger partial charge in [0.1, 0.15) is 6.04 Å². The number of carbonyl (C=O) groups is 1. The van der Waals surface area contributed by atoms with Gasteiger partial charge in [-0.3, -0.25) is 14.4 Å². The van der Waals surface area contributed by atoms with Crippen molar-refractivity contribution in [3.8, 4) is 0 Å². The standard InChI is InChI=1S/C15H21N5OS/c1-13(20-7-2-4-17-20)15(21)19-6-3-5-18(8-9-19)10-14-11-22-12-16-14/h2,4,7,11-13H,3,5-6,8-10H2,1H3/t13-/m0/s1. The maximum absolute atomic E-state index is 12.6. The molecule has 0 saturated carbocycles. The van der Waals surface area contributed by atoms with E-state index in [1.807, 2.05) is 29.6 Å². The monoisotopic (exact) mass is 319 g/mol. The first-order chi connectivity index (χ1) is 10.7. The van der Waals surface area contributed by atoms with Crippen LogP contribution in [0.4, 0.5) is 0 Å². The average Bonchev–Trinajstić information content (AvgIpc) is 3.18. The number of hydrogen-bond acceptors (Lipinski definition) is 5. The lowest BCUT2D eigenvalue weighted by Gasteiger charge is -2.24. The van der Waals surface area contributed by atoms with E-state index in [0.29, 0.717) is 0 Å². The van der Waals surface area contributed by atoms with Crippen LogP contribution in [0.25, 0.3) is 0 Å². The molecule has 0 aliphatic carbocycles. The minimum atomic E-state index is -0.236. The number of nitrogens with zero attached hydrogens (tertiary/aromatic N) is 5. The summed E-state index contributed by atoms with van der Waals surface area (Å²) >= 11 is 1.63. The zero-order valence-corrected chi connectivity index (χ0v) is 13.6. The van der Waals surface area contributed by atoms with E-state index in [-0.39, 0.29) is 11.9 Å². The van der Waals surface area contributed by atoms with Crippen molar-refractivity contribution in [3.05, 3.63) is 35.0 Å². The Kier molecular flexibility index (Phi) is 4.84. The molecule has 6 nitrogen and oxygen atoms in total. The second-order valence-electron chi connectivity index (χ2n) is 5.60. The number of hydrogen-bond donors (Lipinski definition) is 0. The zero-order valence-electron chi connectivity index (χ0n) is 12.8. The van der Waals surface area contributed by atoms with Gasteiger partial charge in [0.05, 0.1) is 11.2 Å². The maximum atomic E-state index is 12.6. The third-order valence-electron chi connectivity index (χ3n) is 4.05. The molecule has 2 aromatic rings. The van der Waals surface area contributed by atoms with Gasteiger partial charge in [0.25, 0.3) is 0 Å². The van der Waals surface area contributed by atoms with Crippen LogP contribution in [0.3, 0.4) is 0 Å². The normalized spacial score (nSPS) is 18.1. The van der Waals surface area contributed by atoms with E-state index >= 15 is 0 Å². The van der Waals surface area contributed by atoms with Crippen LogP contribution >= 0.6 is 11.3 Å². The summed E-state index contributed by atoms with van der Waals surface area (Å²) < 4.78 is 1.72. The van der Waals surface area contributed by atoms with Crippen molar-refractivity contribution in [1.82, 2.24) is 24.6 Å². The lowest BCUT2D eigenvalue weighted by molar-refractivity contribution is -0.134. The van der Waals surface area contributed by atoms with Crippen molar-refractivity contribution in [1.29, 1.82) is 0 Å². The second-order valence-corrected chi connectivity index (χ2v) is 6.32. The Bertz CT molecular complexity index is 583. The Morgan fingerprint density at radius 1 is 1.36 bits per heavy atom. The predicted octanol–water partition coefficient (Wildman–Crippen LogP) is 1.64. The molecule has 0 radical (unpaired) electrons. The average molecular weight is 319 g/mol. The minimum absolute atomic E-state index is 0.152. The molecule has 2 aromatic heterocycles. The summed E-state index contributed by atoms with van der Waals surface area (Å²) in [4.78, 5) is 21.3. The highest BCUT2D eigenvalue weighted by molar-refractivity contribution is 7.07. The summed E-state index contributed by atoms with van der Waals surface area (Å²) in [6.07, 6.45) is 4.55. The molecule has 0 unspecified atom stereocenters. The van der Waals surface area contributed by atoms with Crippen molar-refractivity contribution in [3.63, 3.8) is 0 Å². The molecule has 0 aromatic carbocycles. The molecule has 7 heteroatoms. The van der Waals surface area contributed by atoms with Gasteiger partial charge in [0.2, 0.25) is 5.91 Å². The summed E-state index contributed by atoms with van der Waals surface area (Å²) in [5.41, 5.74) is 2.99. The molecule has 1 atom stereocenters. The Morgan fingerprint density at radius 3 is 3.00 bits per heavy atom. The van der Waals surface area contributed by atoms with E-state index < -0.39 is 0 Å². The van der Waals surface area contributed by atoms with Crippen molar-refractivity contribution in [2.45, 2.75) is 25.9 Å². The molecular formula is C15H21N5OS. The summed E-state index contributed by atoms with van der Waals surface area (Å²) in [6.45, 7) is 6.28. The Balaban J connectivity index is 1.56. The topological polar surface area (TPSA) is 54.3 Å². The van der Waals surface area contributed by atoms with Crippen molar-refractivity contribution in [2.75, 3.05) is 26.2 Å². The van der Waals surface area contributed by atoms with E-state index in [2.05, 4.69) is 20.4 Å². The fourth-order valence-corrected chi connectivity index (χ4v) is 3.33. The Hall–Kier alpha value is -1.73. The molecule has 3 heterocycles. The molecule has 0 spiro atoms. The summed E-state index contributed by atoms with van der Waals surface area (Å²) in [6, 6.07) is 1.61. The molecule has 22 heavy (non-hydrogen) atoms. The van der Waals surface area contributed by atoms with E-state index in [0.717, 1.165) is 44.8 Å². The third kappa shape index (κ3) is 3.53. The summed E-state index contributed by atoms with van der Waals surface area (Å²) in [5.74, 6) is 0.152. The van der Waals surface area contributed by atoms with Crippen LogP contribution in [0.5, 0.6) is 0 Å². The van der Waals surface area contributed by atoms with Crippen LogP contribution in [-0.2, 0) is 11.3 Å². The van der Waals surface area contributed by atoms with Gasteiger partial charge in [-0.05, 0) is 19.4 Å². The molecule has 1 amide bonds. The number of aromatic nitrogens is 3. The fraction of sp³-hybridized carbons (Fsp3) is 0.533. The van der Waals surface area contributed by atoms with Gasteiger partial charge in [0, 0.05) is 50.5 Å². The molecule has 118 valence electrons. The van der Waals surface area contributed by atoms with Gasteiger partial charge in [-0.1, -0.05) is 0 Å². The van der Waals surface area contributed by atoms with Crippen molar-refractivity contribution < 1.29 is 4.79 Å². The number of thiazole rings is 1. The summed E-state index contributed by atoms with van der Waals surface area (Å²) in [5, 5.41) is 6.26. The van der Waals surface area contributed by atoms with Crippen LogP contribution in [0.1, 0.15) is 25.1 Å². The molecule has 1 aliphatic heterocycles. The fourth-order valence-electron chi connectivity index (χ4n) is 2.78. The first-order valence-electron chi connectivity index (χ1n) is 7.61. The molecule has 3 rings (SSSR count). The highest BCUT2D eigenvalue weighted by Crippen LogP contribution is 2.13. The highest BCUT2D eigenvalue weighted by Gasteiger charge is 2.24. The van der Waals surface area contributed by atoms with Gasteiger partial charge in [0.15, 0.2) is 0 Å². The third-order valence-corrected chi connectivity index (χ3v) is 4.68. The van der Waals surface area contributed by atoms with Crippen molar-refractivity contribution >= 4 is 17.2 Å². The Morgan fingerprint density at radius 2 is 2.27 bits per heavy atom. The zero-order chi connectivity index (χ0) is 15.4. The number of amides is 1. The van der Waals surface area contributed by atoms with Crippen LogP contribution in [-0.4, -0.2) is 56.7 Å². The van der Waals surface area contributed by atoms with Gasteiger partial charge in [-0.2, -0.15) is 5.10 Å². The first-order valence-corrected chi connectivity index (χ1v) is 8.55. The van der Waals surface area contributed by atoms with E-state index in [4.69, 9.17) is 0 Å². The minimum Gasteiger partial charge on any atom is -0.340 e. The van der Waals surface area contributed by atoms with Gasteiger partial charge in [-0.25, -0.2) is 4.98 Å². The van der Waals surface area contributed by atoms with Crippen LogP contribution in [0.2, 0.25) is 0 Å². The maximum Gasteiger partial charge on any atom is 0.247 e. The van der Waals surface area contributed by atoms with Gasteiger partial charge < -0.3 is 4.90 Å². The van der Waals surface area contributed by atoms with Crippen molar-refractivity contribution in [2.24, 2.45) is 0 Å². The van der Waals surface area contributed by atoms with Gasteiger partial charge in [-0.15, -0.1) is 11.3 Å². The number of carbonyl (C=O) groups excluding carboxylic acids is 1. The van der Waals surface area contributed by atoms with E-state index in [1.165, 1.54) is 0 Å². The molecule has 1 saturated heterocycles. The van der Waals surface area contributed by atoms with Crippen LogP contribution in [0, 0.1) is 0 Å². The number of rotatable bonds is 4. The highest BCUT2D eigenvalue weighted by atomic mass is 32.1. The van der Waals surface area contributed by atoms with Crippen LogP contribution in [0.15, 0.2) is 29.4 Å². The van der Waals surface area contributed by atoms with Crippen LogP contribution < -0.4 is 0 Å². The molecule has 1 aliphatic rings. The largest absolute Gasteiger partial charge is 0.340 e. The second kappa shape index (κ2) is 7.02. The lowest BCUT2D eigenvalue weighted by atomic mass is 10.2. The predicted molar refractivity (Wildman–Crippen MR) is 85.5 cm³/mol. The molecule has 1 fully saturated rings. The molecule has 0 bridgehead atoms. The quantitative estimate of drug-likeness (QED) is 0.859. The van der Waals surface area contributed by atoms with Gasteiger partial charge >= 0.3 is 0 Å². The lowest BCUT2D eigenvalue weighted by Crippen LogP contribution is -2.39. The summed E-state index contributed by atoms with van der Waals surface area (Å²) in [7, 11) is 0. The smallest absolute Gasteiger partial charge is 0.247 e. The molecular weight excluding hydrogens is 298 g/mol. The van der Waals surface area contributed by atoms with E-state index in [1.54, 1.807) is 22.2 Å². The molecule has 0 N–H and O–H groups in total.